The van der Waals surface area contributed by atoms with Gasteiger partial charge in [0.2, 0.25) is 0 Å². The Morgan fingerprint density at radius 1 is 1.35 bits per heavy atom. The summed E-state index contributed by atoms with van der Waals surface area (Å²) in [7, 11) is 1.63. The number of nitrogens with two attached hydrogens (primary N) is 1. The Labute approximate surface area is 125 Å². The van der Waals surface area contributed by atoms with E-state index >= 15 is 0 Å². The molecule has 1 aliphatic rings. The third-order valence-electron chi connectivity index (χ3n) is 3.81. The van der Waals surface area contributed by atoms with Crippen LogP contribution in [-0.4, -0.2) is 29.4 Å². The molecule has 1 aliphatic carbocycles. The van der Waals surface area contributed by atoms with Crippen LogP contribution in [0, 0.1) is 0 Å². The summed E-state index contributed by atoms with van der Waals surface area (Å²) in [6, 6.07) is 5.61. The SMILES string of the molecule is COc1ccc(C(N)=S)c(NC2CCCCCC2O)c1. The van der Waals surface area contributed by atoms with Gasteiger partial charge >= 0.3 is 0 Å². The molecule has 1 aromatic carbocycles. The predicted molar refractivity (Wildman–Crippen MR) is 85.4 cm³/mol. The molecule has 0 spiro atoms. The van der Waals surface area contributed by atoms with Crippen molar-refractivity contribution in [3.05, 3.63) is 23.8 Å². The van der Waals surface area contributed by atoms with E-state index in [0.717, 1.165) is 42.7 Å². The van der Waals surface area contributed by atoms with Crippen molar-refractivity contribution in [3.8, 4) is 5.75 Å². The molecule has 0 bridgehead atoms. The number of methoxy groups -OCH3 is 1. The van der Waals surface area contributed by atoms with E-state index in [1.54, 1.807) is 7.11 Å². The van der Waals surface area contributed by atoms with E-state index in [0.29, 0.717) is 4.99 Å². The molecular weight excluding hydrogens is 272 g/mol. The standard InChI is InChI=1S/C15H22N2O2S/c1-19-10-7-8-11(15(16)20)13(9-10)17-12-5-3-2-4-6-14(12)18/h7-9,12,14,17-18H,2-6H2,1H3,(H2,16,20). The second-order valence-electron chi connectivity index (χ2n) is 5.23. The number of anilines is 1. The Morgan fingerprint density at radius 3 is 2.80 bits per heavy atom. The Balaban J connectivity index is 2.23. The summed E-state index contributed by atoms with van der Waals surface area (Å²) in [6.07, 6.45) is 4.85. The van der Waals surface area contributed by atoms with Gasteiger partial charge in [-0.25, -0.2) is 0 Å². The second kappa shape index (κ2) is 6.90. The zero-order chi connectivity index (χ0) is 14.5. The highest BCUT2D eigenvalue weighted by molar-refractivity contribution is 7.80. The number of aliphatic hydroxyl groups is 1. The van der Waals surface area contributed by atoms with E-state index < -0.39 is 0 Å². The van der Waals surface area contributed by atoms with Crippen molar-refractivity contribution in [1.29, 1.82) is 0 Å². The number of ether oxygens (including phenoxy) is 1. The lowest BCUT2D eigenvalue weighted by atomic mass is 10.0. The molecule has 1 aromatic rings. The fraction of sp³-hybridized carbons (Fsp3) is 0.533. The summed E-state index contributed by atoms with van der Waals surface area (Å²) in [5.74, 6) is 0.746. The number of hydrogen-bond donors (Lipinski definition) is 3. The lowest BCUT2D eigenvalue weighted by Gasteiger charge is -2.24. The van der Waals surface area contributed by atoms with Crippen molar-refractivity contribution in [2.45, 2.75) is 44.2 Å². The Hall–Kier alpha value is -1.33. The molecule has 20 heavy (non-hydrogen) atoms. The van der Waals surface area contributed by atoms with Gasteiger partial charge in [-0.2, -0.15) is 0 Å². The van der Waals surface area contributed by atoms with E-state index in [9.17, 15) is 5.11 Å². The van der Waals surface area contributed by atoms with E-state index in [-0.39, 0.29) is 12.1 Å². The minimum absolute atomic E-state index is 0.0395. The van der Waals surface area contributed by atoms with Gasteiger partial charge in [0.05, 0.1) is 19.3 Å². The van der Waals surface area contributed by atoms with Crippen molar-refractivity contribution in [3.63, 3.8) is 0 Å². The number of benzene rings is 1. The number of aliphatic hydroxyl groups excluding tert-OH is 1. The Kier molecular flexibility index (Phi) is 5.20. The van der Waals surface area contributed by atoms with Gasteiger partial charge in [0, 0.05) is 17.3 Å². The van der Waals surface area contributed by atoms with Gasteiger partial charge in [-0.1, -0.05) is 31.5 Å². The van der Waals surface area contributed by atoms with Gasteiger partial charge < -0.3 is 20.9 Å². The molecule has 2 rings (SSSR count). The topological polar surface area (TPSA) is 67.5 Å². The first kappa shape index (κ1) is 15.1. The molecule has 0 heterocycles. The summed E-state index contributed by atoms with van der Waals surface area (Å²) < 4.78 is 5.24. The number of hydrogen-bond acceptors (Lipinski definition) is 4. The van der Waals surface area contributed by atoms with Gasteiger partial charge in [0.15, 0.2) is 0 Å². The maximum absolute atomic E-state index is 10.2. The summed E-state index contributed by atoms with van der Waals surface area (Å²) in [5, 5.41) is 13.6. The molecule has 2 atom stereocenters. The summed E-state index contributed by atoms with van der Waals surface area (Å²) in [6.45, 7) is 0. The average Bonchev–Trinajstić information content (AvgIpc) is 2.64. The quantitative estimate of drug-likeness (QED) is 0.588. The van der Waals surface area contributed by atoms with Crippen LogP contribution in [0.25, 0.3) is 0 Å². The van der Waals surface area contributed by atoms with E-state index in [4.69, 9.17) is 22.7 Å². The fourth-order valence-electron chi connectivity index (χ4n) is 2.64. The van der Waals surface area contributed by atoms with Crippen LogP contribution in [0.4, 0.5) is 5.69 Å². The lowest BCUT2D eigenvalue weighted by molar-refractivity contribution is 0.144. The summed E-state index contributed by atoms with van der Waals surface area (Å²) in [4.78, 5) is 0.346. The van der Waals surface area contributed by atoms with E-state index in [1.807, 2.05) is 18.2 Å². The molecule has 0 radical (unpaired) electrons. The minimum Gasteiger partial charge on any atom is -0.497 e. The van der Waals surface area contributed by atoms with Crippen LogP contribution in [0.15, 0.2) is 18.2 Å². The second-order valence-corrected chi connectivity index (χ2v) is 5.67. The van der Waals surface area contributed by atoms with E-state index in [2.05, 4.69) is 5.32 Å². The van der Waals surface area contributed by atoms with Crippen LogP contribution in [0.3, 0.4) is 0 Å². The molecule has 1 saturated carbocycles. The van der Waals surface area contributed by atoms with Crippen LogP contribution in [-0.2, 0) is 0 Å². The molecule has 4 N–H and O–H groups in total. The van der Waals surface area contributed by atoms with Crippen LogP contribution in [0.2, 0.25) is 0 Å². The summed E-state index contributed by atoms with van der Waals surface area (Å²) in [5.41, 5.74) is 7.39. The molecule has 2 unspecified atom stereocenters. The zero-order valence-electron chi connectivity index (χ0n) is 11.8. The third-order valence-corrected chi connectivity index (χ3v) is 4.03. The molecule has 5 heteroatoms. The molecule has 0 aromatic heterocycles. The van der Waals surface area contributed by atoms with Gasteiger partial charge in [0.25, 0.3) is 0 Å². The first-order chi connectivity index (χ1) is 9.61. The molecule has 110 valence electrons. The molecule has 4 nitrogen and oxygen atoms in total. The third kappa shape index (κ3) is 3.61. The minimum atomic E-state index is -0.331. The zero-order valence-corrected chi connectivity index (χ0v) is 12.6. The average molecular weight is 294 g/mol. The maximum atomic E-state index is 10.2. The monoisotopic (exact) mass is 294 g/mol. The summed E-state index contributed by atoms with van der Waals surface area (Å²) >= 11 is 5.09. The van der Waals surface area contributed by atoms with Gasteiger partial charge in [-0.05, 0) is 25.0 Å². The Morgan fingerprint density at radius 2 is 2.10 bits per heavy atom. The number of rotatable bonds is 4. The molecule has 1 fully saturated rings. The van der Waals surface area contributed by atoms with Crippen LogP contribution >= 0.6 is 12.2 Å². The highest BCUT2D eigenvalue weighted by Crippen LogP contribution is 2.27. The van der Waals surface area contributed by atoms with Gasteiger partial charge in [-0.15, -0.1) is 0 Å². The lowest BCUT2D eigenvalue weighted by Crippen LogP contribution is -2.33. The first-order valence-corrected chi connectivity index (χ1v) is 7.45. The Bertz CT molecular complexity index is 479. The number of nitrogens with one attached hydrogen (secondary N) is 1. The fourth-order valence-corrected chi connectivity index (χ4v) is 2.82. The highest BCUT2D eigenvalue weighted by Gasteiger charge is 2.22. The smallest absolute Gasteiger partial charge is 0.120 e. The molecule has 0 amide bonds. The van der Waals surface area contributed by atoms with Crippen LogP contribution < -0.4 is 15.8 Å². The van der Waals surface area contributed by atoms with Crippen LogP contribution in [0.1, 0.15) is 37.7 Å². The van der Waals surface area contributed by atoms with E-state index in [1.165, 1.54) is 6.42 Å². The van der Waals surface area contributed by atoms with Crippen molar-refractivity contribution in [2.75, 3.05) is 12.4 Å². The van der Waals surface area contributed by atoms with Crippen molar-refractivity contribution in [1.82, 2.24) is 0 Å². The van der Waals surface area contributed by atoms with Crippen molar-refractivity contribution < 1.29 is 9.84 Å². The maximum Gasteiger partial charge on any atom is 0.120 e. The molecule has 0 aliphatic heterocycles. The highest BCUT2D eigenvalue weighted by atomic mass is 32.1. The first-order valence-electron chi connectivity index (χ1n) is 7.04. The normalized spacial score (nSPS) is 22.9. The van der Waals surface area contributed by atoms with Crippen molar-refractivity contribution in [2.24, 2.45) is 5.73 Å². The predicted octanol–water partition coefficient (Wildman–Crippen LogP) is 2.43. The number of thiocarbonyl (C=S) groups is 1. The van der Waals surface area contributed by atoms with Crippen molar-refractivity contribution >= 4 is 22.9 Å². The van der Waals surface area contributed by atoms with Gasteiger partial charge in [0.1, 0.15) is 10.7 Å². The largest absolute Gasteiger partial charge is 0.497 e. The van der Waals surface area contributed by atoms with Crippen LogP contribution in [0.5, 0.6) is 5.75 Å². The molecular formula is C15H22N2O2S. The van der Waals surface area contributed by atoms with Gasteiger partial charge in [-0.3, -0.25) is 0 Å². The molecule has 0 saturated heterocycles.